The zero-order valence-corrected chi connectivity index (χ0v) is 28.3. The smallest absolute Gasteiger partial charge is 0.264 e. The highest BCUT2D eigenvalue weighted by atomic mass is 16.3. The molecule has 0 radical (unpaired) electrons. The second-order valence-corrected chi connectivity index (χ2v) is 13.2. The fourth-order valence-corrected chi connectivity index (χ4v) is 7.23. The standard InChI is InChI=1S/C41H40N4O4/c1-26-20-29-10-8-9-11-31(29)25-44(26)40(48)38-22-32-24-43(28(3)46)19-18-30(32)21-37(38)39-23-36(27(2)42(39)4)41(49)45(33-12-6-5-7-13-33)34-14-16-35(47)17-15-34/h5-17,21-23,26,47H,18-20,24-25H2,1-4H3/t26-/m1/s1. The minimum Gasteiger partial charge on any atom is -0.508 e. The first-order valence-corrected chi connectivity index (χ1v) is 16.7. The molecule has 0 fully saturated rings. The highest BCUT2D eigenvalue weighted by Gasteiger charge is 2.32. The molecule has 2 aliphatic heterocycles. The van der Waals surface area contributed by atoms with Crippen LogP contribution in [-0.4, -0.2) is 49.8 Å². The van der Waals surface area contributed by atoms with Gasteiger partial charge in [0.1, 0.15) is 5.75 Å². The zero-order valence-electron chi connectivity index (χ0n) is 28.3. The Hall–Kier alpha value is -5.63. The summed E-state index contributed by atoms with van der Waals surface area (Å²) >= 11 is 0. The van der Waals surface area contributed by atoms with Crippen LogP contribution in [0, 0.1) is 6.92 Å². The largest absolute Gasteiger partial charge is 0.508 e. The summed E-state index contributed by atoms with van der Waals surface area (Å²) in [7, 11) is 1.93. The van der Waals surface area contributed by atoms with Crippen LogP contribution in [0.4, 0.5) is 11.4 Å². The third kappa shape index (κ3) is 5.88. The van der Waals surface area contributed by atoms with Gasteiger partial charge >= 0.3 is 0 Å². The predicted molar refractivity (Wildman–Crippen MR) is 191 cm³/mol. The molecule has 0 aliphatic carbocycles. The van der Waals surface area contributed by atoms with Gasteiger partial charge in [0.05, 0.1) is 5.56 Å². The van der Waals surface area contributed by atoms with Gasteiger partial charge in [-0.2, -0.15) is 0 Å². The molecule has 7 rings (SSSR count). The summed E-state index contributed by atoms with van der Waals surface area (Å²) in [5.41, 5.74) is 9.18. The van der Waals surface area contributed by atoms with Crippen molar-refractivity contribution in [3.63, 3.8) is 0 Å². The van der Waals surface area contributed by atoms with Crippen LogP contribution in [0.5, 0.6) is 5.75 Å². The number of fused-ring (bicyclic) bond motifs is 2. The van der Waals surface area contributed by atoms with Crippen LogP contribution < -0.4 is 4.90 Å². The van der Waals surface area contributed by atoms with Gasteiger partial charge in [-0.25, -0.2) is 0 Å². The minimum absolute atomic E-state index is 0.00275. The highest BCUT2D eigenvalue weighted by Crippen LogP contribution is 2.37. The molecule has 0 saturated heterocycles. The Morgan fingerprint density at radius 2 is 1.45 bits per heavy atom. The van der Waals surface area contributed by atoms with E-state index in [9.17, 15) is 19.5 Å². The molecular formula is C41H40N4O4. The number of phenols is 1. The number of aromatic nitrogens is 1. The number of phenolic OH excluding ortho intramolecular Hbond substituents is 1. The predicted octanol–water partition coefficient (Wildman–Crippen LogP) is 7.18. The first-order chi connectivity index (χ1) is 23.6. The van der Waals surface area contributed by atoms with E-state index in [1.54, 1.807) is 36.1 Å². The summed E-state index contributed by atoms with van der Waals surface area (Å²) < 4.78 is 1.99. The molecule has 0 bridgehead atoms. The molecule has 248 valence electrons. The van der Waals surface area contributed by atoms with E-state index in [-0.39, 0.29) is 29.5 Å². The van der Waals surface area contributed by atoms with E-state index >= 15 is 0 Å². The second-order valence-electron chi connectivity index (χ2n) is 13.2. The molecule has 8 nitrogen and oxygen atoms in total. The number of hydrogen-bond acceptors (Lipinski definition) is 4. The lowest BCUT2D eigenvalue weighted by molar-refractivity contribution is -0.129. The van der Waals surface area contributed by atoms with Gasteiger partial charge in [-0.1, -0.05) is 42.5 Å². The number of hydrogen-bond donors (Lipinski definition) is 1. The average molecular weight is 653 g/mol. The third-order valence-corrected chi connectivity index (χ3v) is 10.2. The molecule has 2 aliphatic rings. The minimum atomic E-state index is -0.222. The fraction of sp³-hybridized carbons (Fsp3) is 0.244. The first-order valence-electron chi connectivity index (χ1n) is 16.7. The average Bonchev–Trinajstić information content (AvgIpc) is 3.41. The molecule has 3 amide bonds. The van der Waals surface area contributed by atoms with Gasteiger partial charge < -0.3 is 19.5 Å². The normalized spacial score (nSPS) is 15.4. The van der Waals surface area contributed by atoms with Gasteiger partial charge in [0.15, 0.2) is 0 Å². The molecule has 1 atom stereocenters. The first kappa shape index (κ1) is 31.9. The third-order valence-electron chi connectivity index (χ3n) is 10.2. The number of nitrogens with zero attached hydrogens (tertiary/aromatic N) is 4. The Labute approximate surface area is 286 Å². The van der Waals surface area contributed by atoms with Gasteiger partial charge in [0.25, 0.3) is 11.8 Å². The summed E-state index contributed by atoms with van der Waals surface area (Å²) in [6.07, 6.45) is 1.45. The second kappa shape index (κ2) is 12.8. The Balaban J connectivity index is 1.34. The van der Waals surface area contributed by atoms with Crippen LogP contribution in [0.1, 0.15) is 62.5 Å². The van der Waals surface area contributed by atoms with E-state index in [1.807, 2.05) is 82.9 Å². The van der Waals surface area contributed by atoms with Crippen molar-refractivity contribution in [2.45, 2.75) is 52.7 Å². The quantitative estimate of drug-likeness (QED) is 0.218. The van der Waals surface area contributed by atoms with Crippen molar-refractivity contribution < 1.29 is 19.5 Å². The number of aromatic hydroxyl groups is 1. The number of carbonyl (C=O) groups excluding carboxylic acids is 3. The van der Waals surface area contributed by atoms with E-state index < -0.39 is 0 Å². The van der Waals surface area contributed by atoms with Gasteiger partial charge in [-0.05, 0) is 104 Å². The van der Waals surface area contributed by atoms with Crippen LogP contribution in [0.3, 0.4) is 0 Å². The number of amides is 3. The molecule has 8 heteroatoms. The van der Waals surface area contributed by atoms with Crippen molar-refractivity contribution in [3.05, 3.63) is 136 Å². The fourth-order valence-electron chi connectivity index (χ4n) is 7.23. The maximum absolute atomic E-state index is 14.7. The van der Waals surface area contributed by atoms with Crippen molar-refractivity contribution in [2.24, 2.45) is 7.05 Å². The number of benzene rings is 4. The molecule has 5 aromatic rings. The molecule has 3 heterocycles. The Kier molecular flexibility index (Phi) is 8.32. The van der Waals surface area contributed by atoms with Crippen molar-refractivity contribution in [1.29, 1.82) is 0 Å². The molecule has 49 heavy (non-hydrogen) atoms. The van der Waals surface area contributed by atoms with Gasteiger partial charge in [0, 0.05) is 73.5 Å². The van der Waals surface area contributed by atoms with E-state index in [4.69, 9.17) is 0 Å². The molecule has 4 aromatic carbocycles. The van der Waals surface area contributed by atoms with Crippen LogP contribution in [-0.2, 0) is 37.8 Å². The lowest BCUT2D eigenvalue weighted by Gasteiger charge is -2.36. The topological polar surface area (TPSA) is 86.1 Å². The van der Waals surface area contributed by atoms with Crippen LogP contribution in [0.25, 0.3) is 11.3 Å². The van der Waals surface area contributed by atoms with Crippen molar-refractivity contribution in [3.8, 4) is 17.0 Å². The zero-order chi connectivity index (χ0) is 34.4. The summed E-state index contributed by atoms with van der Waals surface area (Å²) in [6, 6.07) is 30.3. The summed E-state index contributed by atoms with van der Waals surface area (Å²) in [5, 5.41) is 9.97. The number of para-hydroxylation sites is 1. The van der Waals surface area contributed by atoms with Gasteiger partial charge in [-0.3, -0.25) is 19.3 Å². The Morgan fingerprint density at radius 1 is 0.776 bits per heavy atom. The molecular weight excluding hydrogens is 612 g/mol. The lowest BCUT2D eigenvalue weighted by atomic mass is 9.89. The maximum Gasteiger partial charge on any atom is 0.264 e. The van der Waals surface area contributed by atoms with E-state index in [1.165, 1.54) is 5.56 Å². The molecule has 1 N–H and O–H groups in total. The van der Waals surface area contributed by atoms with E-state index in [0.29, 0.717) is 48.6 Å². The van der Waals surface area contributed by atoms with Gasteiger partial charge in [-0.15, -0.1) is 0 Å². The lowest BCUT2D eigenvalue weighted by Crippen LogP contribution is -2.43. The van der Waals surface area contributed by atoms with Crippen LogP contribution in [0.2, 0.25) is 0 Å². The van der Waals surface area contributed by atoms with E-state index in [2.05, 4.69) is 25.1 Å². The van der Waals surface area contributed by atoms with Crippen molar-refractivity contribution in [1.82, 2.24) is 14.4 Å². The summed E-state index contributed by atoms with van der Waals surface area (Å²) in [6.45, 7) is 7.18. The Bertz CT molecular complexity index is 2080. The van der Waals surface area contributed by atoms with Crippen LogP contribution >= 0.6 is 0 Å². The SMILES string of the molecule is CC(=O)N1CCc2cc(-c3cc(C(=O)N(c4ccccc4)c4ccc(O)cc4)c(C)n3C)c(C(=O)N3Cc4ccccc4C[C@H]3C)cc2C1. The van der Waals surface area contributed by atoms with Gasteiger partial charge in [0.2, 0.25) is 5.91 Å². The van der Waals surface area contributed by atoms with Crippen molar-refractivity contribution >= 4 is 29.1 Å². The maximum atomic E-state index is 14.7. The Morgan fingerprint density at radius 3 is 2.16 bits per heavy atom. The molecule has 1 aromatic heterocycles. The van der Waals surface area contributed by atoms with Crippen LogP contribution in [0.15, 0.2) is 97.1 Å². The molecule has 0 saturated carbocycles. The molecule has 0 unspecified atom stereocenters. The molecule has 0 spiro atoms. The monoisotopic (exact) mass is 652 g/mol. The highest BCUT2D eigenvalue weighted by molar-refractivity contribution is 6.12. The van der Waals surface area contributed by atoms with Crippen molar-refractivity contribution in [2.75, 3.05) is 11.4 Å². The van der Waals surface area contributed by atoms with E-state index in [0.717, 1.165) is 40.1 Å². The number of carbonyl (C=O) groups is 3. The summed E-state index contributed by atoms with van der Waals surface area (Å²) in [4.78, 5) is 47.0. The summed E-state index contributed by atoms with van der Waals surface area (Å²) in [5.74, 6) is -0.159. The number of rotatable bonds is 5. The number of anilines is 2.